The summed E-state index contributed by atoms with van der Waals surface area (Å²) in [7, 11) is -3.76. The summed E-state index contributed by atoms with van der Waals surface area (Å²) in [4.78, 5) is 11.4. The van der Waals surface area contributed by atoms with Crippen LogP contribution in [0.5, 0.6) is 0 Å². The van der Waals surface area contributed by atoms with E-state index in [9.17, 15) is 13.2 Å². The van der Waals surface area contributed by atoms with Crippen LogP contribution in [0.2, 0.25) is 0 Å². The van der Waals surface area contributed by atoms with E-state index in [1.165, 1.54) is 6.92 Å². The highest BCUT2D eigenvalue weighted by atomic mass is 32.2. The summed E-state index contributed by atoms with van der Waals surface area (Å²) in [6.07, 6.45) is 0. The third-order valence-electron chi connectivity index (χ3n) is 3.51. The second-order valence-electron chi connectivity index (χ2n) is 5.34. The fraction of sp³-hybridized carbons (Fsp3) is 0.0556. The summed E-state index contributed by atoms with van der Waals surface area (Å²) in [5.41, 5.74) is 0.732. The van der Waals surface area contributed by atoms with Gasteiger partial charge in [-0.3, -0.25) is 9.52 Å². The summed E-state index contributed by atoms with van der Waals surface area (Å²) in [6.45, 7) is 1.37. The number of anilines is 2. The molecule has 0 spiro atoms. The third-order valence-corrected chi connectivity index (χ3v) is 4.88. The summed E-state index contributed by atoms with van der Waals surface area (Å²) < 4.78 is 27.8. The van der Waals surface area contributed by atoms with Gasteiger partial charge in [-0.1, -0.05) is 42.5 Å². The fourth-order valence-corrected chi connectivity index (χ4v) is 3.52. The highest BCUT2D eigenvalue weighted by molar-refractivity contribution is 7.92. The molecule has 0 aromatic heterocycles. The Balaban J connectivity index is 1.97. The van der Waals surface area contributed by atoms with E-state index < -0.39 is 10.0 Å². The van der Waals surface area contributed by atoms with E-state index in [4.69, 9.17) is 0 Å². The van der Waals surface area contributed by atoms with Crippen LogP contribution in [0.25, 0.3) is 10.8 Å². The molecule has 0 aliphatic heterocycles. The second kappa shape index (κ2) is 6.33. The molecule has 1 amide bonds. The maximum absolute atomic E-state index is 12.7. The molecule has 0 saturated carbocycles. The first kappa shape index (κ1) is 16.0. The first-order valence-electron chi connectivity index (χ1n) is 7.34. The summed E-state index contributed by atoms with van der Waals surface area (Å²) in [5.74, 6) is -0.271. The van der Waals surface area contributed by atoms with Crippen LogP contribution < -0.4 is 10.0 Å². The van der Waals surface area contributed by atoms with E-state index in [0.717, 1.165) is 10.8 Å². The largest absolute Gasteiger partial charge is 0.325 e. The van der Waals surface area contributed by atoms with E-state index in [1.807, 2.05) is 24.3 Å². The van der Waals surface area contributed by atoms with Crippen LogP contribution in [0.4, 0.5) is 11.4 Å². The predicted molar refractivity (Wildman–Crippen MR) is 95.5 cm³/mol. The lowest BCUT2D eigenvalue weighted by Crippen LogP contribution is -2.15. The minimum absolute atomic E-state index is 0.166. The molecule has 0 aliphatic carbocycles. The Morgan fingerprint density at radius 2 is 1.46 bits per heavy atom. The van der Waals surface area contributed by atoms with Gasteiger partial charge in [0.25, 0.3) is 10.0 Å². The van der Waals surface area contributed by atoms with Crippen LogP contribution in [0.1, 0.15) is 6.92 Å². The Morgan fingerprint density at radius 3 is 2.17 bits per heavy atom. The third kappa shape index (κ3) is 3.38. The van der Waals surface area contributed by atoms with Gasteiger partial charge in [0.2, 0.25) is 5.91 Å². The molecule has 2 N–H and O–H groups in total. The van der Waals surface area contributed by atoms with Crippen LogP contribution in [0.15, 0.2) is 71.6 Å². The van der Waals surface area contributed by atoms with Crippen molar-refractivity contribution < 1.29 is 13.2 Å². The molecule has 3 aromatic rings. The van der Waals surface area contributed by atoms with Crippen molar-refractivity contribution in [1.29, 1.82) is 0 Å². The van der Waals surface area contributed by atoms with Gasteiger partial charge in [-0.25, -0.2) is 8.42 Å². The van der Waals surface area contributed by atoms with Crippen molar-refractivity contribution in [2.24, 2.45) is 0 Å². The smallest absolute Gasteiger partial charge is 0.261 e. The SMILES string of the molecule is CC(=O)Nc1ccccc1NS(=O)(=O)c1ccc2ccccc2c1. The van der Waals surface area contributed by atoms with E-state index in [-0.39, 0.29) is 10.8 Å². The van der Waals surface area contributed by atoms with Gasteiger partial charge in [-0.15, -0.1) is 0 Å². The minimum atomic E-state index is -3.76. The Labute approximate surface area is 140 Å². The van der Waals surface area contributed by atoms with Crippen molar-refractivity contribution in [2.75, 3.05) is 10.0 Å². The Bertz CT molecular complexity index is 1010. The first-order valence-corrected chi connectivity index (χ1v) is 8.82. The first-order chi connectivity index (χ1) is 11.5. The summed E-state index contributed by atoms with van der Waals surface area (Å²) >= 11 is 0. The zero-order chi connectivity index (χ0) is 17.2. The minimum Gasteiger partial charge on any atom is -0.325 e. The average molecular weight is 340 g/mol. The average Bonchev–Trinajstić information content (AvgIpc) is 2.55. The Morgan fingerprint density at radius 1 is 0.833 bits per heavy atom. The number of hydrogen-bond acceptors (Lipinski definition) is 3. The van der Waals surface area contributed by atoms with Gasteiger partial charge in [-0.2, -0.15) is 0 Å². The second-order valence-corrected chi connectivity index (χ2v) is 7.02. The molecule has 0 aliphatic rings. The van der Waals surface area contributed by atoms with Crippen LogP contribution in [0.3, 0.4) is 0 Å². The lowest BCUT2D eigenvalue weighted by Gasteiger charge is -2.13. The van der Waals surface area contributed by atoms with Gasteiger partial charge in [0.15, 0.2) is 0 Å². The maximum Gasteiger partial charge on any atom is 0.261 e. The monoisotopic (exact) mass is 340 g/mol. The van der Waals surface area contributed by atoms with E-state index in [2.05, 4.69) is 10.0 Å². The molecule has 0 bridgehead atoms. The number of nitrogens with one attached hydrogen (secondary N) is 2. The lowest BCUT2D eigenvalue weighted by atomic mass is 10.1. The Kier molecular flexibility index (Phi) is 4.22. The fourth-order valence-electron chi connectivity index (χ4n) is 2.41. The van der Waals surface area contributed by atoms with Gasteiger partial charge in [0.1, 0.15) is 0 Å². The van der Waals surface area contributed by atoms with E-state index >= 15 is 0 Å². The summed E-state index contributed by atoms with van der Waals surface area (Å²) in [5, 5.41) is 4.42. The molecule has 3 rings (SSSR count). The molecule has 6 heteroatoms. The van der Waals surface area contributed by atoms with E-state index in [0.29, 0.717) is 11.4 Å². The molecule has 3 aromatic carbocycles. The topological polar surface area (TPSA) is 75.3 Å². The quantitative estimate of drug-likeness (QED) is 0.762. The number of sulfonamides is 1. The van der Waals surface area contributed by atoms with Crippen molar-refractivity contribution in [3.63, 3.8) is 0 Å². The van der Waals surface area contributed by atoms with Gasteiger partial charge in [-0.05, 0) is 35.0 Å². The zero-order valence-electron chi connectivity index (χ0n) is 13.0. The molecular formula is C18H16N2O3S. The zero-order valence-corrected chi connectivity index (χ0v) is 13.8. The molecule has 24 heavy (non-hydrogen) atoms. The Hall–Kier alpha value is -2.86. The van der Waals surface area contributed by atoms with Gasteiger partial charge >= 0.3 is 0 Å². The maximum atomic E-state index is 12.7. The number of carbonyl (C=O) groups excluding carboxylic acids is 1. The standard InChI is InChI=1S/C18H16N2O3S/c1-13(21)19-17-8-4-5-9-18(17)20-24(22,23)16-11-10-14-6-2-3-7-15(14)12-16/h2-12,20H,1H3,(H,19,21). The van der Waals surface area contributed by atoms with Crippen molar-refractivity contribution >= 4 is 38.1 Å². The molecule has 0 atom stereocenters. The molecule has 0 radical (unpaired) electrons. The number of rotatable bonds is 4. The van der Waals surface area contributed by atoms with E-state index in [1.54, 1.807) is 42.5 Å². The molecule has 5 nitrogen and oxygen atoms in total. The number of amides is 1. The van der Waals surface area contributed by atoms with Crippen LogP contribution in [-0.2, 0) is 14.8 Å². The van der Waals surface area contributed by atoms with Crippen LogP contribution in [-0.4, -0.2) is 14.3 Å². The van der Waals surface area contributed by atoms with Gasteiger partial charge in [0, 0.05) is 6.92 Å². The highest BCUT2D eigenvalue weighted by Crippen LogP contribution is 2.26. The number of hydrogen-bond donors (Lipinski definition) is 2. The summed E-state index contributed by atoms with van der Waals surface area (Å²) in [6, 6.07) is 19.2. The molecule has 0 saturated heterocycles. The van der Waals surface area contributed by atoms with Crippen LogP contribution in [0, 0.1) is 0 Å². The van der Waals surface area contributed by atoms with Gasteiger partial charge in [0.05, 0.1) is 16.3 Å². The number of benzene rings is 3. The molecule has 122 valence electrons. The molecule has 0 heterocycles. The van der Waals surface area contributed by atoms with Crippen molar-refractivity contribution in [1.82, 2.24) is 0 Å². The van der Waals surface area contributed by atoms with Crippen molar-refractivity contribution in [2.45, 2.75) is 11.8 Å². The lowest BCUT2D eigenvalue weighted by molar-refractivity contribution is -0.114. The normalized spacial score (nSPS) is 11.2. The van der Waals surface area contributed by atoms with Crippen LogP contribution >= 0.6 is 0 Å². The highest BCUT2D eigenvalue weighted by Gasteiger charge is 2.16. The molecule has 0 unspecified atom stereocenters. The number of para-hydroxylation sites is 2. The molecule has 0 fully saturated rings. The van der Waals surface area contributed by atoms with Crippen molar-refractivity contribution in [3.8, 4) is 0 Å². The van der Waals surface area contributed by atoms with Gasteiger partial charge < -0.3 is 5.32 Å². The van der Waals surface area contributed by atoms with Crippen molar-refractivity contribution in [3.05, 3.63) is 66.7 Å². The predicted octanol–water partition coefficient (Wildman–Crippen LogP) is 3.60. The number of fused-ring (bicyclic) bond motifs is 1. The number of carbonyl (C=O) groups is 1. The molecular weight excluding hydrogens is 324 g/mol.